The number of aromatic hydroxyl groups is 1. The summed E-state index contributed by atoms with van der Waals surface area (Å²) in [6, 6.07) is 19.9. The maximum atomic E-state index is 11.1. The van der Waals surface area contributed by atoms with Crippen molar-refractivity contribution in [3.8, 4) is 11.5 Å². The third-order valence-corrected chi connectivity index (χ3v) is 5.17. The highest BCUT2D eigenvalue weighted by molar-refractivity contribution is 5.85. The average molecular weight is 396 g/mol. The van der Waals surface area contributed by atoms with Gasteiger partial charge in [0.25, 0.3) is 0 Å². The van der Waals surface area contributed by atoms with Crippen LogP contribution in [0.2, 0.25) is 0 Å². The fourth-order valence-electron chi connectivity index (χ4n) is 3.73. The zero-order chi connectivity index (χ0) is 20.9. The van der Waals surface area contributed by atoms with Crippen LogP contribution in [0.1, 0.15) is 28.3 Å². The summed E-state index contributed by atoms with van der Waals surface area (Å²) in [4.78, 5) is 8.95. The molecule has 0 radical (unpaired) electrons. The van der Waals surface area contributed by atoms with Gasteiger partial charge in [0.2, 0.25) is 0 Å². The molecule has 1 unspecified atom stereocenters. The number of aromatic nitrogens is 2. The number of ether oxygens (including phenoxy) is 1. The van der Waals surface area contributed by atoms with E-state index in [1.807, 2.05) is 54.7 Å². The molecule has 2 aromatic heterocycles. The number of phenolic OH excluding ortho intramolecular Hbond substituents is 1. The lowest BCUT2D eigenvalue weighted by molar-refractivity contribution is 0.362. The number of rotatable bonds is 7. The predicted octanol–water partition coefficient (Wildman–Crippen LogP) is 5.58. The smallest absolute Gasteiger partial charge is 0.145 e. The lowest BCUT2D eigenvalue weighted by Gasteiger charge is -2.20. The predicted molar refractivity (Wildman–Crippen MR) is 120 cm³/mol. The summed E-state index contributed by atoms with van der Waals surface area (Å²) in [5.74, 6) is 0.883. The number of fused-ring (bicyclic) bond motifs is 1. The summed E-state index contributed by atoms with van der Waals surface area (Å²) in [5, 5.41) is 12.0. The highest BCUT2D eigenvalue weighted by Gasteiger charge is 2.21. The fourth-order valence-corrected chi connectivity index (χ4v) is 3.73. The molecule has 4 nitrogen and oxygen atoms in total. The van der Waals surface area contributed by atoms with Crippen molar-refractivity contribution < 1.29 is 9.84 Å². The number of nitrogens with zero attached hydrogens (tertiary/aromatic N) is 2. The fraction of sp³-hybridized carbons (Fsp3) is 0.154. The van der Waals surface area contributed by atoms with Crippen molar-refractivity contribution in [2.24, 2.45) is 0 Å². The van der Waals surface area contributed by atoms with Gasteiger partial charge in [-0.2, -0.15) is 0 Å². The Morgan fingerprint density at radius 2 is 1.93 bits per heavy atom. The molecule has 4 rings (SSSR count). The number of benzene rings is 2. The second-order valence-corrected chi connectivity index (χ2v) is 7.33. The van der Waals surface area contributed by atoms with Crippen molar-refractivity contribution >= 4 is 10.9 Å². The third-order valence-electron chi connectivity index (χ3n) is 5.17. The van der Waals surface area contributed by atoms with Gasteiger partial charge in [0, 0.05) is 41.4 Å². The van der Waals surface area contributed by atoms with E-state index in [2.05, 4.69) is 35.6 Å². The molecule has 4 aromatic rings. The number of phenols is 1. The van der Waals surface area contributed by atoms with Crippen LogP contribution in [0, 0.1) is 6.92 Å². The molecule has 0 saturated carbocycles. The van der Waals surface area contributed by atoms with Crippen LogP contribution in [-0.2, 0) is 6.42 Å². The van der Waals surface area contributed by atoms with Gasteiger partial charge < -0.3 is 9.84 Å². The molecule has 1 atom stereocenters. The molecule has 2 heterocycles. The first-order valence-electron chi connectivity index (χ1n) is 9.97. The highest BCUT2D eigenvalue weighted by Crippen LogP contribution is 2.38. The number of pyridine rings is 2. The van der Waals surface area contributed by atoms with Gasteiger partial charge in [0.15, 0.2) is 0 Å². The topological polar surface area (TPSA) is 55.2 Å². The Morgan fingerprint density at radius 3 is 2.77 bits per heavy atom. The summed E-state index contributed by atoms with van der Waals surface area (Å²) in [5.41, 5.74) is 4.61. The lowest BCUT2D eigenvalue weighted by atomic mass is 9.86. The molecule has 0 fully saturated rings. The van der Waals surface area contributed by atoms with E-state index in [0.717, 1.165) is 33.5 Å². The molecule has 0 aliphatic carbocycles. The van der Waals surface area contributed by atoms with E-state index in [1.54, 1.807) is 12.3 Å². The molecule has 0 aliphatic rings. The Bertz CT molecular complexity index is 1190. The van der Waals surface area contributed by atoms with Gasteiger partial charge in [0.05, 0.1) is 0 Å². The van der Waals surface area contributed by atoms with E-state index in [-0.39, 0.29) is 11.7 Å². The molecule has 0 aliphatic heterocycles. The monoisotopic (exact) mass is 396 g/mol. The van der Waals surface area contributed by atoms with Crippen LogP contribution in [0.4, 0.5) is 0 Å². The second-order valence-electron chi connectivity index (χ2n) is 7.33. The molecular formula is C26H24N2O2. The summed E-state index contributed by atoms with van der Waals surface area (Å²) in [6.45, 7) is 6.21. The number of hydrogen-bond donors (Lipinski definition) is 1. The minimum Gasteiger partial charge on any atom is -0.505 e. The Morgan fingerprint density at radius 1 is 1.03 bits per heavy atom. The lowest BCUT2D eigenvalue weighted by Crippen LogP contribution is -2.08. The van der Waals surface area contributed by atoms with E-state index in [4.69, 9.17) is 4.74 Å². The molecule has 30 heavy (non-hydrogen) atoms. The van der Waals surface area contributed by atoms with Gasteiger partial charge >= 0.3 is 0 Å². The summed E-state index contributed by atoms with van der Waals surface area (Å²) >= 11 is 0. The largest absolute Gasteiger partial charge is 0.505 e. The van der Waals surface area contributed by atoms with Crippen LogP contribution in [0.5, 0.6) is 11.5 Å². The first-order valence-corrected chi connectivity index (χ1v) is 9.97. The van der Waals surface area contributed by atoms with Crippen LogP contribution < -0.4 is 4.74 Å². The van der Waals surface area contributed by atoms with E-state index >= 15 is 0 Å². The summed E-state index contributed by atoms with van der Waals surface area (Å²) in [7, 11) is 0. The van der Waals surface area contributed by atoms with Crippen molar-refractivity contribution in [1.82, 2.24) is 9.97 Å². The zero-order valence-corrected chi connectivity index (χ0v) is 17.0. The van der Waals surface area contributed by atoms with Gasteiger partial charge in [0.1, 0.15) is 23.6 Å². The van der Waals surface area contributed by atoms with Gasteiger partial charge in [-0.05, 0) is 48.4 Å². The molecule has 4 heteroatoms. The van der Waals surface area contributed by atoms with Crippen LogP contribution in [0.3, 0.4) is 0 Å². The van der Waals surface area contributed by atoms with Crippen molar-refractivity contribution in [3.63, 3.8) is 0 Å². The Hall–Kier alpha value is -3.66. The van der Waals surface area contributed by atoms with Crippen LogP contribution >= 0.6 is 0 Å². The maximum absolute atomic E-state index is 11.1. The zero-order valence-electron chi connectivity index (χ0n) is 17.0. The first kappa shape index (κ1) is 19.6. The molecule has 0 bridgehead atoms. The SMILES string of the molecule is C=CCOc1cccc(C(Cc2cc(C)ccn2)c2ccc3cccnc3c2O)c1. The summed E-state index contributed by atoms with van der Waals surface area (Å²) in [6.07, 6.45) is 5.90. The first-order chi connectivity index (χ1) is 14.7. The average Bonchev–Trinajstić information content (AvgIpc) is 2.77. The van der Waals surface area contributed by atoms with E-state index in [1.165, 1.54) is 0 Å². The summed E-state index contributed by atoms with van der Waals surface area (Å²) < 4.78 is 5.74. The molecular weight excluding hydrogens is 372 g/mol. The van der Waals surface area contributed by atoms with Gasteiger partial charge in [-0.1, -0.05) is 43.0 Å². The van der Waals surface area contributed by atoms with Crippen LogP contribution in [0.25, 0.3) is 10.9 Å². The van der Waals surface area contributed by atoms with E-state index < -0.39 is 0 Å². The van der Waals surface area contributed by atoms with Crippen molar-refractivity contribution in [2.45, 2.75) is 19.3 Å². The van der Waals surface area contributed by atoms with Crippen LogP contribution in [0.15, 0.2) is 85.7 Å². The molecule has 2 aromatic carbocycles. The highest BCUT2D eigenvalue weighted by atomic mass is 16.5. The molecule has 150 valence electrons. The molecule has 0 amide bonds. The normalized spacial score (nSPS) is 11.9. The quantitative estimate of drug-likeness (QED) is 0.414. The number of aryl methyl sites for hydroxylation is 1. The van der Waals surface area contributed by atoms with Crippen molar-refractivity contribution in [1.29, 1.82) is 0 Å². The van der Waals surface area contributed by atoms with E-state index in [9.17, 15) is 5.11 Å². The molecule has 1 N–H and O–H groups in total. The van der Waals surface area contributed by atoms with Crippen molar-refractivity contribution in [3.05, 3.63) is 108 Å². The van der Waals surface area contributed by atoms with Gasteiger partial charge in [-0.3, -0.25) is 9.97 Å². The number of hydrogen-bond acceptors (Lipinski definition) is 4. The van der Waals surface area contributed by atoms with Crippen molar-refractivity contribution in [2.75, 3.05) is 6.61 Å². The Balaban J connectivity index is 1.82. The van der Waals surface area contributed by atoms with Gasteiger partial charge in [-0.25, -0.2) is 0 Å². The Kier molecular flexibility index (Phi) is 5.75. The van der Waals surface area contributed by atoms with Gasteiger partial charge in [-0.15, -0.1) is 0 Å². The minimum absolute atomic E-state index is 0.0991. The molecule has 0 saturated heterocycles. The second kappa shape index (κ2) is 8.78. The minimum atomic E-state index is -0.0991. The Labute approximate surface area is 176 Å². The standard InChI is InChI=1S/C26H24N2O2/c1-3-14-30-22-8-4-6-20(16-22)24(17-21-15-18(2)11-13-27-21)23-10-9-19-7-5-12-28-25(19)26(23)29/h3-13,15-16,24,29H,1,14,17H2,2H3. The van der Waals surface area contributed by atoms with Crippen LogP contribution in [-0.4, -0.2) is 21.7 Å². The van der Waals surface area contributed by atoms with E-state index in [0.29, 0.717) is 18.5 Å². The maximum Gasteiger partial charge on any atom is 0.145 e. The molecule has 0 spiro atoms. The third kappa shape index (κ3) is 4.18.